The van der Waals surface area contributed by atoms with Crippen molar-refractivity contribution in [3.05, 3.63) is 40.2 Å². The Balaban J connectivity index is 1.63. The van der Waals surface area contributed by atoms with Crippen LogP contribution in [0.5, 0.6) is 5.06 Å². The van der Waals surface area contributed by atoms with Gasteiger partial charge < -0.3 is 29.7 Å². The summed E-state index contributed by atoms with van der Waals surface area (Å²) in [5.74, 6) is -0.585. The smallest absolute Gasteiger partial charge is 0.399 e. The van der Waals surface area contributed by atoms with Crippen LogP contribution in [0.2, 0.25) is 4.34 Å². The lowest BCUT2D eigenvalue weighted by molar-refractivity contribution is -0.125. The van der Waals surface area contributed by atoms with Gasteiger partial charge in [-0.15, -0.1) is 0 Å². The first kappa shape index (κ1) is 23.0. The maximum atomic E-state index is 12.7. The number of thiophene rings is 1. The predicted molar refractivity (Wildman–Crippen MR) is 117 cm³/mol. The highest BCUT2D eigenvalue weighted by molar-refractivity contribution is 7.17. The van der Waals surface area contributed by atoms with Crippen LogP contribution in [0.25, 0.3) is 0 Å². The summed E-state index contributed by atoms with van der Waals surface area (Å²) >= 11 is 6.91. The molecule has 3 rings (SSSR count). The second-order valence-corrected chi connectivity index (χ2v) is 8.37. The molecule has 2 heterocycles. The van der Waals surface area contributed by atoms with E-state index in [1.54, 1.807) is 35.2 Å². The van der Waals surface area contributed by atoms with Crippen LogP contribution in [0.1, 0.15) is 5.56 Å². The molecule has 0 spiro atoms. The van der Waals surface area contributed by atoms with Gasteiger partial charge in [0.2, 0.25) is 5.91 Å². The lowest BCUT2D eigenvalue weighted by atomic mass is 10.1. The maximum absolute atomic E-state index is 12.7. The van der Waals surface area contributed by atoms with Gasteiger partial charge in [0.1, 0.15) is 12.6 Å². The molecule has 0 unspecified atom stereocenters. The molecule has 0 aliphatic carbocycles. The molecule has 0 saturated carbocycles. The largest absolute Gasteiger partial charge is 0.414 e. The normalized spacial score (nSPS) is 14.8. The summed E-state index contributed by atoms with van der Waals surface area (Å²) in [7, 11) is 1.42. The third kappa shape index (κ3) is 6.17. The van der Waals surface area contributed by atoms with Crippen molar-refractivity contribution in [2.24, 2.45) is 0 Å². The number of rotatable bonds is 7. The number of nitrogens with one attached hydrogen (secondary N) is 2. The summed E-state index contributed by atoms with van der Waals surface area (Å²) in [6.07, 6.45) is -0.798. The Labute approximate surface area is 188 Å². The van der Waals surface area contributed by atoms with Crippen LogP contribution in [0.4, 0.5) is 16.2 Å². The molecule has 0 radical (unpaired) electrons. The first-order chi connectivity index (χ1) is 14.9. The van der Waals surface area contributed by atoms with Gasteiger partial charge in [0.15, 0.2) is 5.06 Å². The number of halogens is 1. The van der Waals surface area contributed by atoms with Gasteiger partial charge in [0.05, 0.1) is 17.6 Å². The van der Waals surface area contributed by atoms with Crippen molar-refractivity contribution in [1.82, 2.24) is 5.32 Å². The van der Waals surface area contributed by atoms with E-state index in [2.05, 4.69) is 10.6 Å². The molecule has 0 bridgehead atoms. The number of amides is 3. The van der Waals surface area contributed by atoms with Gasteiger partial charge in [0, 0.05) is 25.0 Å². The number of hydrogen-bond acceptors (Lipinski definition) is 7. The Morgan fingerprint density at radius 1 is 1.32 bits per heavy atom. The van der Waals surface area contributed by atoms with Gasteiger partial charge in [-0.1, -0.05) is 22.9 Å². The highest BCUT2D eigenvalue weighted by atomic mass is 35.5. The van der Waals surface area contributed by atoms with Gasteiger partial charge in [-0.2, -0.15) is 0 Å². The van der Waals surface area contributed by atoms with Crippen LogP contribution in [0.3, 0.4) is 0 Å². The second kappa shape index (κ2) is 10.6. The zero-order valence-corrected chi connectivity index (χ0v) is 18.5. The summed E-state index contributed by atoms with van der Waals surface area (Å²) in [6, 6.07) is 7.40. The zero-order valence-electron chi connectivity index (χ0n) is 17.0. The van der Waals surface area contributed by atoms with Gasteiger partial charge in [0.25, 0.3) is 5.91 Å². The molecule has 2 aromatic rings. The van der Waals surface area contributed by atoms with Gasteiger partial charge in [-0.05, 0) is 42.8 Å². The molecule has 1 aromatic heterocycles. The molecule has 11 heteroatoms. The Hall–Kier alpha value is -2.66. The van der Waals surface area contributed by atoms with Crippen molar-refractivity contribution in [2.45, 2.75) is 13.0 Å². The van der Waals surface area contributed by atoms with E-state index in [-0.39, 0.29) is 19.1 Å². The second-order valence-electron chi connectivity index (χ2n) is 6.69. The average molecular weight is 468 g/mol. The number of hydrogen-bond donors (Lipinski definition) is 2. The van der Waals surface area contributed by atoms with Crippen LogP contribution in [0.15, 0.2) is 30.3 Å². The predicted octanol–water partition coefficient (Wildman–Crippen LogP) is 2.82. The third-order valence-corrected chi connectivity index (χ3v) is 5.53. The first-order valence-corrected chi connectivity index (χ1v) is 10.6. The quantitative estimate of drug-likeness (QED) is 0.648. The number of carbonyl (C=O) groups is 3. The van der Waals surface area contributed by atoms with Crippen LogP contribution in [0, 0.1) is 6.92 Å². The van der Waals surface area contributed by atoms with Gasteiger partial charge in [-0.25, -0.2) is 4.79 Å². The maximum Gasteiger partial charge on any atom is 0.414 e. The lowest BCUT2D eigenvalue weighted by Crippen LogP contribution is -2.47. The number of benzene rings is 1. The van der Waals surface area contributed by atoms with E-state index in [1.165, 1.54) is 7.11 Å². The van der Waals surface area contributed by atoms with E-state index in [1.807, 2.05) is 6.92 Å². The van der Waals surface area contributed by atoms with Crippen LogP contribution < -0.4 is 20.3 Å². The molecule has 1 saturated heterocycles. The third-order valence-electron chi connectivity index (χ3n) is 4.42. The summed E-state index contributed by atoms with van der Waals surface area (Å²) in [5.41, 5.74) is 2.10. The Morgan fingerprint density at radius 2 is 2.13 bits per heavy atom. The Kier molecular flexibility index (Phi) is 7.85. The van der Waals surface area contributed by atoms with Crippen LogP contribution in [-0.4, -0.2) is 57.4 Å². The van der Waals surface area contributed by atoms with Crippen molar-refractivity contribution in [3.63, 3.8) is 0 Å². The minimum atomic E-state index is -0.978. The van der Waals surface area contributed by atoms with Gasteiger partial charge >= 0.3 is 6.09 Å². The minimum Gasteiger partial charge on any atom is -0.399 e. The van der Waals surface area contributed by atoms with E-state index >= 15 is 0 Å². The molecule has 1 fully saturated rings. The van der Waals surface area contributed by atoms with Crippen LogP contribution >= 0.6 is 22.9 Å². The monoisotopic (exact) mass is 467 g/mol. The van der Waals surface area contributed by atoms with Crippen molar-refractivity contribution in [3.8, 4) is 5.06 Å². The molecule has 1 atom stereocenters. The van der Waals surface area contributed by atoms with E-state index in [9.17, 15) is 14.4 Å². The van der Waals surface area contributed by atoms with Gasteiger partial charge in [-0.3, -0.25) is 9.59 Å². The number of carbonyl (C=O) groups excluding carboxylic acids is 3. The van der Waals surface area contributed by atoms with E-state index < -0.39 is 18.0 Å². The molecule has 9 nitrogen and oxygen atoms in total. The SMILES string of the molecule is COC[C@@H](NC(=O)Oc1ccc(Cl)s1)C(=O)Nc1ccc(N2CCOCC2=O)c(C)c1. The molecule has 2 N–H and O–H groups in total. The fourth-order valence-corrected chi connectivity index (χ4v) is 3.88. The summed E-state index contributed by atoms with van der Waals surface area (Å²) in [5, 5.41) is 5.53. The average Bonchev–Trinajstić information content (AvgIpc) is 3.13. The van der Waals surface area contributed by atoms with E-state index in [0.29, 0.717) is 28.2 Å². The highest BCUT2D eigenvalue weighted by Crippen LogP contribution is 2.28. The number of nitrogens with zero attached hydrogens (tertiary/aromatic N) is 1. The Morgan fingerprint density at radius 3 is 2.77 bits per heavy atom. The molecule has 1 aromatic carbocycles. The highest BCUT2D eigenvalue weighted by Gasteiger charge is 2.24. The molecule has 31 heavy (non-hydrogen) atoms. The molecule has 3 amide bonds. The van der Waals surface area contributed by atoms with E-state index in [0.717, 1.165) is 22.6 Å². The number of aryl methyl sites for hydroxylation is 1. The number of morpholine rings is 1. The van der Waals surface area contributed by atoms with Crippen molar-refractivity contribution in [1.29, 1.82) is 0 Å². The topological polar surface area (TPSA) is 106 Å². The summed E-state index contributed by atoms with van der Waals surface area (Å²) < 4.78 is 15.8. The lowest BCUT2D eigenvalue weighted by Gasteiger charge is -2.28. The Bertz CT molecular complexity index is 966. The molecular weight excluding hydrogens is 446 g/mol. The van der Waals surface area contributed by atoms with E-state index in [4.69, 9.17) is 25.8 Å². The molecule has 1 aliphatic heterocycles. The number of methoxy groups -OCH3 is 1. The number of anilines is 2. The summed E-state index contributed by atoms with van der Waals surface area (Å²) in [4.78, 5) is 38.5. The minimum absolute atomic E-state index is 0.0501. The number of ether oxygens (including phenoxy) is 3. The molecule has 166 valence electrons. The fraction of sp³-hybridized carbons (Fsp3) is 0.350. The molecular formula is C20H22ClN3O6S. The zero-order chi connectivity index (χ0) is 22.4. The fourth-order valence-electron chi connectivity index (χ4n) is 3.00. The van der Waals surface area contributed by atoms with Crippen molar-refractivity contribution in [2.75, 3.05) is 43.7 Å². The van der Waals surface area contributed by atoms with Crippen molar-refractivity contribution < 1.29 is 28.6 Å². The van der Waals surface area contributed by atoms with Crippen molar-refractivity contribution >= 4 is 52.2 Å². The van der Waals surface area contributed by atoms with Crippen LogP contribution in [-0.2, 0) is 19.1 Å². The first-order valence-electron chi connectivity index (χ1n) is 9.39. The summed E-state index contributed by atoms with van der Waals surface area (Å²) in [6.45, 7) is 2.80. The standard InChI is InChI=1S/C20H22ClN3O6S/c1-12-9-13(3-4-15(12)24-7-8-29-11-17(24)25)22-19(26)14(10-28-2)23-20(27)30-18-6-5-16(21)31-18/h3-6,9,14H,7-8,10-11H2,1-2H3,(H,22,26)(H,23,27)/t14-/m1/s1. The molecule has 1 aliphatic rings.